The van der Waals surface area contributed by atoms with Crippen molar-refractivity contribution in [3.63, 3.8) is 0 Å². The van der Waals surface area contributed by atoms with Gasteiger partial charge in [0.2, 0.25) is 5.91 Å². The van der Waals surface area contributed by atoms with Crippen LogP contribution in [0.3, 0.4) is 0 Å². The van der Waals surface area contributed by atoms with Gasteiger partial charge in [-0.15, -0.1) is 0 Å². The van der Waals surface area contributed by atoms with Crippen LogP contribution in [-0.4, -0.2) is 98.2 Å². The molecular weight excluding hydrogens is 540 g/mol. The van der Waals surface area contributed by atoms with Crippen LogP contribution in [0.4, 0.5) is 5.69 Å². The van der Waals surface area contributed by atoms with Crippen LogP contribution in [0.2, 0.25) is 0 Å². The first-order valence-electron chi connectivity index (χ1n) is 16.2. The van der Waals surface area contributed by atoms with Gasteiger partial charge in [-0.25, -0.2) is 0 Å². The monoisotopic (exact) mass is 590 g/mol. The molecule has 0 saturated carbocycles. The van der Waals surface area contributed by atoms with E-state index in [9.17, 15) is 9.59 Å². The molecular formula is C34H50N6O3. The Balaban J connectivity index is 1.41. The molecule has 43 heavy (non-hydrogen) atoms. The van der Waals surface area contributed by atoms with Crippen LogP contribution in [-0.2, 0) is 16.1 Å². The average Bonchev–Trinajstić information content (AvgIpc) is 3.00. The molecule has 234 valence electrons. The molecule has 3 saturated heterocycles. The van der Waals surface area contributed by atoms with Crippen molar-refractivity contribution < 1.29 is 14.3 Å². The smallest absolute Gasteiger partial charge is 0.251 e. The molecule has 3 aliphatic heterocycles. The highest BCUT2D eigenvalue weighted by Gasteiger charge is 2.33. The number of piperazine rings is 1. The van der Waals surface area contributed by atoms with E-state index in [1.54, 1.807) is 0 Å². The number of rotatable bonds is 9. The van der Waals surface area contributed by atoms with Crippen LogP contribution < -0.4 is 15.5 Å². The highest BCUT2D eigenvalue weighted by Crippen LogP contribution is 2.34. The number of likely N-dealkylation sites (N-methyl/N-ethyl adjacent to an activating group) is 1. The van der Waals surface area contributed by atoms with Crippen molar-refractivity contribution in [3.05, 3.63) is 47.3 Å². The van der Waals surface area contributed by atoms with Crippen LogP contribution in [0, 0.1) is 18.8 Å². The first-order valence-corrected chi connectivity index (χ1v) is 16.2. The van der Waals surface area contributed by atoms with Crippen molar-refractivity contribution >= 4 is 17.5 Å². The quantitative estimate of drug-likeness (QED) is 0.460. The molecule has 0 spiro atoms. The van der Waals surface area contributed by atoms with E-state index in [0.717, 1.165) is 99.8 Å². The van der Waals surface area contributed by atoms with Crippen LogP contribution in [0.15, 0.2) is 30.5 Å². The van der Waals surface area contributed by atoms with Crippen molar-refractivity contribution in [1.29, 1.82) is 0 Å². The molecule has 9 nitrogen and oxygen atoms in total. The van der Waals surface area contributed by atoms with Gasteiger partial charge in [0, 0.05) is 94.1 Å². The Morgan fingerprint density at radius 1 is 1.12 bits per heavy atom. The molecule has 4 heterocycles. The van der Waals surface area contributed by atoms with Gasteiger partial charge in [0.15, 0.2) is 0 Å². The van der Waals surface area contributed by atoms with E-state index in [-0.39, 0.29) is 29.7 Å². The second kappa shape index (κ2) is 14.2. The topological polar surface area (TPSA) is 90.0 Å². The number of aromatic nitrogens is 1. The third-order valence-corrected chi connectivity index (χ3v) is 9.67. The minimum absolute atomic E-state index is 0.0251. The van der Waals surface area contributed by atoms with Crippen LogP contribution in [0.1, 0.15) is 61.6 Å². The molecule has 9 heteroatoms. The maximum Gasteiger partial charge on any atom is 0.251 e. The van der Waals surface area contributed by atoms with Crippen molar-refractivity contribution in [3.8, 4) is 11.1 Å². The van der Waals surface area contributed by atoms with Gasteiger partial charge >= 0.3 is 0 Å². The zero-order valence-electron chi connectivity index (χ0n) is 26.7. The summed E-state index contributed by atoms with van der Waals surface area (Å²) in [7, 11) is 2.17. The normalized spacial score (nSPS) is 24.0. The average molecular weight is 591 g/mol. The van der Waals surface area contributed by atoms with E-state index in [4.69, 9.17) is 9.72 Å². The molecule has 2 amide bonds. The number of hydrogen-bond acceptors (Lipinski definition) is 7. The number of benzene rings is 1. The first kappa shape index (κ1) is 31.4. The van der Waals surface area contributed by atoms with Crippen LogP contribution in [0.25, 0.3) is 11.1 Å². The number of nitrogens with one attached hydrogen (secondary N) is 2. The Labute approximate surface area is 257 Å². The van der Waals surface area contributed by atoms with Crippen LogP contribution >= 0.6 is 0 Å². The Morgan fingerprint density at radius 2 is 1.86 bits per heavy atom. The summed E-state index contributed by atoms with van der Waals surface area (Å²) >= 11 is 0. The minimum Gasteiger partial charge on any atom is -0.381 e. The zero-order valence-corrected chi connectivity index (χ0v) is 26.7. The van der Waals surface area contributed by atoms with E-state index in [0.29, 0.717) is 18.2 Å². The van der Waals surface area contributed by atoms with Gasteiger partial charge in [-0.05, 0) is 82.3 Å². The Morgan fingerprint density at radius 3 is 2.51 bits per heavy atom. The van der Waals surface area contributed by atoms with Crippen molar-refractivity contribution in [1.82, 2.24) is 25.4 Å². The summed E-state index contributed by atoms with van der Waals surface area (Å²) < 4.78 is 5.66. The molecule has 3 aliphatic rings. The lowest BCUT2D eigenvalue weighted by molar-refractivity contribution is -0.129. The second-order valence-corrected chi connectivity index (χ2v) is 12.9. The maximum atomic E-state index is 13.8. The van der Waals surface area contributed by atoms with Crippen molar-refractivity contribution in [2.24, 2.45) is 11.8 Å². The molecule has 1 aromatic heterocycles. The van der Waals surface area contributed by atoms with E-state index >= 15 is 0 Å². The molecule has 3 unspecified atom stereocenters. The fraction of sp³-hybridized carbons (Fsp3) is 0.618. The SMILES string of the molecule is CCN(c1cc(-c2ccc(CN3CCN(C)CC3)nc2)cc(C(=O)NCC2C(=O)NC(C)CC2C)c1C)C1CCOCC1. The minimum atomic E-state index is -0.227. The lowest BCUT2D eigenvalue weighted by atomic mass is 9.84. The molecule has 1 aromatic carbocycles. The van der Waals surface area contributed by atoms with Gasteiger partial charge < -0.3 is 25.2 Å². The van der Waals surface area contributed by atoms with Crippen molar-refractivity contribution in [2.45, 2.75) is 65.6 Å². The Bertz CT molecular complexity index is 1250. The summed E-state index contributed by atoms with van der Waals surface area (Å²) in [5, 5.41) is 6.17. The third kappa shape index (κ3) is 7.56. The summed E-state index contributed by atoms with van der Waals surface area (Å²) in [6.45, 7) is 16.2. The molecule has 0 bridgehead atoms. The summed E-state index contributed by atoms with van der Waals surface area (Å²) in [5.41, 5.74) is 5.73. The van der Waals surface area contributed by atoms with Crippen molar-refractivity contribution in [2.75, 3.05) is 64.4 Å². The summed E-state index contributed by atoms with van der Waals surface area (Å²) in [5.74, 6) is -0.125. The maximum absolute atomic E-state index is 13.8. The molecule has 3 fully saturated rings. The number of amides is 2. The number of carbonyl (C=O) groups is 2. The van der Waals surface area contributed by atoms with E-state index in [1.807, 2.05) is 26.1 Å². The summed E-state index contributed by atoms with van der Waals surface area (Å²) in [6, 6.07) is 9.00. The molecule has 0 aliphatic carbocycles. The van der Waals surface area contributed by atoms with Gasteiger partial charge in [0.25, 0.3) is 5.91 Å². The number of carbonyl (C=O) groups excluding carboxylic acids is 2. The summed E-state index contributed by atoms with van der Waals surface area (Å²) in [4.78, 5) is 38.6. The number of pyridine rings is 1. The molecule has 5 rings (SSSR count). The Kier molecular flexibility index (Phi) is 10.4. The number of nitrogens with zero attached hydrogens (tertiary/aromatic N) is 4. The van der Waals surface area contributed by atoms with Gasteiger partial charge in [0.1, 0.15) is 0 Å². The van der Waals surface area contributed by atoms with E-state index in [1.165, 1.54) is 0 Å². The van der Waals surface area contributed by atoms with Gasteiger partial charge in [-0.2, -0.15) is 0 Å². The number of hydrogen-bond donors (Lipinski definition) is 2. The largest absolute Gasteiger partial charge is 0.381 e. The number of piperidine rings is 1. The standard InChI is InChI=1S/C34H50N6O3/c1-6-40(29-9-15-43-16-10-29)32-19-27(26-7-8-28(35-20-26)22-39-13-11-38(5)12-14-39)18-30(25(32)4)33(41)36-21-31-23(2)17-24(3)37-34(31)42/h7-8,18-20,23-24,29,31H,6,9-17,21-22H2,1-5H3,(H,36,41)(H,37,42). The second-order valence-electron chi connectivity index (χ2n) is 12.9. The number of anilines is 1. The number of ether oxygens (including phenoxy) is 1. The van der Waals surface area contributed by atoms with E-state index < -0.39 is 0 Å². The Hall–Kier alpha value is -3.01. The molecule has 2 N–H and O–H groups in total. The fourth-order valence-corrected chi connectivity index (χ4v) is 6.93. The molecule has 2 aromatic rings. The third-order valence-electron chi connectivity index (χ3n) is 9.67. The van der Waals surface area contributed by atoms with Gasteiger partial charge in [-0.1, -0.05) is 13.0 Å². The highest BCUT2D eigenvalue weighted by atomic mass is 16.5. The first-order chi connectivity index (χ1) is 20.7. The van der Waals surface area contributed by atoms with Gasteiger partial charge in [0.05, 0.1) is 11.6 Å². The predicted molar refractivity (Wildman–Crippen MR) is 171 cm³/mol. The predicted octanol–water partition coefficient (Wildman–Crippen LogP) is 3.70. The molecule has 0 radical (unpaired) electrons. The van der Waals surface area contributed by atoms with Gasteiger partial charge in [-0.3, -0.25) is 19.5 Å². The molecule has 3 atom stereocenters. The zero-order chi connectivity index (χ0) is 30.5. The lowest BCUT2D eigenvalue weighted by Crippen LogP contribution is -2.50. The van der Waals surface area contributed by atoms with E-state index in [2.05, 4.69) is 64.4 Å². The lowest BCUT2D eigenvalue weighted by Gasteiger charge is -2.37. The van der Waals surface area contributed by atoms with Crippen LogP contribution in [0.5, 0.6) is 0 Å². The summed E-state index contributed by atoms with van der Waals surface area (Å²) in [6.07, 6.45) is 4.80. The fourth-order valence-electron chi connectivity index (χ4n) is 6.93. The highest BCUT2D eigenvalue weighted by molar-refractivity contribution is 5.99.